The zero-order valence-electron chi connectivity index (χ0n) is 13.9. The molecule has 0 radical (unpaired) electrons. The van der Waals surface area contributed by atoms with E-state index >= 15 is 0 Å². The highest BCUT2D eigenvalue weighted by Crippen LogP contribution is 2.19. The summed E-state index contributed by atoms with van der Waals surface area (Å²) in [6.45, 7) is 5.66. The molecule has 6 nitrogen and oxygen atoms in total. The number of nitrogens with zero attached hydrogens (tertiary/aromatic N) is 3. The molecule has 128 valence electrons. The fourth-order valence-electron chi connectivity index (χ4n) is 2.88. The number of amides is 1. The number of aliphatic hydroxyl groups is 1. The van der Waals surface area contributed by atoms with Gasteiger partial charge < -0.3 is 14.4 Å². The largest absolute Gasteiger partial charge is 0.444 e. The fourth-order valence-corrected chi connectivity index (χ4v) is 2.88. The molecule has 1 amide bonds. The Morgan fingerprint density at radius 2 is 1.96 bits per heavy atom. The fraction of sp³-hybridized carbons (Fsp3) is 0.444. The Labute approximate surface area is 141 Å². The van der Waals surface area contributed by atoms with Crippen LogP contribution in [0.1, 0.15) is 23.7 Å². The van der Waals surface area contributed by atoms with Crippen molar-refractivity contribution >= 4 is 5.91 Å². The Morgan fingerprint density at radius 3 is 2.54 bits per heavy atom. The van der Waals surface area contributed by atoms with Crippen molar-refractivity contribution in [3.05, 3.63) is 42.4 Å². The normalized spacial score (nSPS) is 17.0. The summed E-state index contributed by atoms with van der Waals surface area (Å²) in [6.07, 6.45) is 3.52. The monoisotopic (exact) mass is 329 g/mol. The van der Waals surface area contributed by atoms with E-state index in [9.17, 15) is 9.90 Å². The molecule has 0 spiro atoms. The number of β-amino-alcohol motifs (C(OH)–C–C–N with tert-alkyl or cyclic N) is 1. The van der Waals surface area contributed by atoms with E-state index in [2.05, 4.69) is 9.88 Å². The van der Waals surface area contributed by atoms with Gasteiger partial charge in [0.05, 0.1) is 12.3 Å². The highest BCUT2D eigenvalue weighted by molar-refractivity contribution is 5.94. The zero-order chi connectivity index (χ0) is 16.9. The van der Waals surface area contributed by atoms with Gasteiger partial charge in [-0.25, -0.2) is 4.98 Å². The van der Waals surface area contributed by atoms with Crippen molar-refractivity contribution in [1.82, 2.24) is 14.8 Å². The number of aliphatic hydroxyl groups excluding tert-OH is 1. The number of benzene rings is 1. The van der Waals surface area contributed by atoms with Crippen LogP contribution >= 0.6 is 0 Å². The molecule has 2 aromatic rings. The van der Waals surface area contributed by atoms with Crippen LogP contribution < -0.4 is 0 Å². The van der Waals surface area contributed by atoms with Gasteiger partial charge in [0.25, 0.3) is 5.91 Å². The van der Waals surface area contributed by atoms with Gasteiger partial charge in [-0.2, -0.15) is 0 Å². The van der Waals surface area contributed by atoms with Gasteiger partial charge in [-0.1, -0.05) is 19.1 Å². The minimum Gasteiger partial charge on any atom is -0.444 e. The number of hydrogen-bond acceptors (Lipinski definition) is 5. The van der Waals surface area contributed by atoms with Crippen molar-refractivity contribution in [2.75, 3.05) is 32.7 Å². The molecule has 1 unspecified atom stereocenters. The van der Waals surface area contributed by atoms with Crippen molar-refractivity contribution in [2.45, 2.75) is 19.4 Å². The molecule has 0 saturated carbocycles. The molecule has 1 aromatic carbocycles. The van der Waals surface area contributed by atoms with E-state index in [0.29, 0.717) is 31.0 Å². The lowest BCUT2D eigenvalue weighted by atomic mass is 10.1. The van der Waals surface area contributed by atoms with Crippen LogP contribution in [0.2, 0.25) is 0 Å². The number of rotatable bonds is 5. The van der Waals surface area contributed by atoms with Crippen molar-refractivity contribution < 1.29 is 14.3 Å². The molecule has 1 saturated heterocycles. The molecule has 3 rings (SSSR count). The SMILES string of the molecule is CCC(O)CN1CCN(C(=O)c2ccc(-c3cnco3)cc2)CC1. The van der Waals surface area contributed by atoms with E-state index in [1.807, 2.05) is 36.1 Å². The average molecular weight is 329 g/mol. The van der Waals surface area contributed by atoms with E-state index in [1.165, 1.54) is 6.39 Å². The van der Waals surface area contributed by atoms with Crippen LogP contribution in [0.25, 0.3) is 11.3 Å². The van der Waals surface area contributed by atoms with Gasteiger partial charge in [-0.05, 0) is 18.6 Å². The predicted octanol–water partition coefficient (Wildman–Crippen LogP) is 1.87. The summed E-state index contributed by atoms with van der Waals surface area (Å²) >= 11 is 0. The zero-order valence-corrected chi connectivity index (χ0v) is 13.9. The van der Waals surface area contributed by atoms with E-state index in [0.717, 1.165) is 25.1 Å². The first-order chi connectivity index (χ1) is 11.7. The number of hydrogen-bond donors (Lipinski definition) is 1. The molecule has 2 heterocycles. The molecule has 1 fully saturated rings. The van der Waals surface area contributed by atoms with E-state index < -0.39 is 0 Å². The number of piperazine rings is 1. The van der Waals surface area contributed by atoms with Crippen LogP contribution in [-0.2, 0) is 0 Å². The van der Waals surface area contributed by atoms with E-state index in [4.69, 9.17) is 4.42 Å². The second kappa shape index (κ2) is 7.59. The molecule has 0 aliphatic carbocycles. The summed E-state index contributed by atoms with van der Waals surface area (Å²) in [5, 5.41) is 9.73. The van der Waals surface area contributed by atoms with Gasteiger partial charge in [-0.15, -0.1) is 0 Å². The standard InChI is InChI=1S/C18H23N3O3/c1-2-16(22)12-20-7-9-21(10-8-20)18(23)15-5-3-14(4-6-15)17-11-19-13-24-17/h3-6,11,13,16,22H,2,7-10,12H2,1H3. The smallest absolute Gasteiger partial charge is 0.253 e. The molecule has 6 heteroatoms. The van der Waals surface area contributed by atoms with Crippen molar-refractivity contribution in [3.8, 4) is 11.3 Å². The maximum atomic E-state index is 12.6. The summed E-state index contributed by atoms with van der Waals surface area (Å²) in [6, 6.07) is 7.41. The Balaban J connectivity index is 1.57. The Hall–Kier alpha value is -2.18. The van der Waals surface area contributed by atoms with Gasteiger partial charge >= 0.3 is 0 Å². The molecule has 1 aromatic heterocycles. The van der Waals surface area contributed by atoms with Crippen LogP contribution in [-0.4, -0.2) is 64.6 Å². The average Bonchev–Trinajstić information content (AvgIpc) is 3.16. The molecule has 1 N–H and O–H groups in total. The van der Waals surface area contributed by atoms with Crippen LogP contribution in [0.4, 0.5) is 0 Å². The third-order valence-electron chi connectivity index (χ3n) is 4.45. The number of carbonyl (C=O) groups excluding carboxylic acids is 1. The molecule has 24 heavy (non-hydrogen) atoms. The number of aromatic nitrogens is 1. The van der Waals surface area contributed by atoms with Crippen LogP contribution in [0, 0.1) is 0 Å². The third kappa shape index (κ3) is 3.83. The first-order valence-electron chi connectivity index (χ1n) is 8.36. The summed E-state index contributed by atoms with van der Waals surface area (Å²) < 4.78 is 5.26. The Kier molecular flexibility index (Phi) is 5.27. The van der Waals surface area contributed by atoms with Crippen LogP contribution in [0.15, 0.2) is 41.3 Å². The topological polar surface area (TPSA) is 69.8 Å². The lowest BCUT2D eigenvalue weighted by Gasteiger charge is -2.35. The highest BCUT2D eigenvalue weighted by Gasteiger charge is 2.23. The quantitative estimate of drug-likeness (QED) is 0.907. The maximum Gasteiger partial charge on any atom is 0.253 e. The minimum atomic E-state index is -0.282. The van der Waals surface area contributed by atoms with Gasteiger partial charge in [0.1, 0.15) is 0 Å². The van der Waals surface area contributed by atoms with Gasteiger partial charge in [0.2, 0.25) is 0 Å². The predicted molar refractivity (Wildman–Crippen MR) is 90.6 cm³/mol. The molecular formula is C18H23N3O3. The first kappa shape index (κ1) is 16.7. The minimum absolute atomic E-state index is 0.0507. The Bertz CT molecular complexity index is 647. The van der Waals surface area contributed by atoms with E-state index in [1.54, 1.807) is 6.20 Å². The number of carbonyl (C=O) groups is 1. The Morgan fingerprint density at radius 1 is 1.25 bits per heavy atom. The summed E-state index contributed by atoms with van der Waals surface area (Å²) in [7, 11) is 0. The summed E-state index contributed by atoms with van der Waals surface area (Å²) in [5.41, 5.74) is 1.59. The lowest BCUT2D eigenvalue weighted by Crippen LogP contribution is -2.50. The molecule has 0 bridgehead atoms. The van der Waals surface area contributed by atoms with Gasteiger partial charge in [-0.3, -0.25) is 9.69 Å². The molecule has 1 atom stereocenters. The van der Waals surface area contributed by atoms with Gasteiger partial charge in [0.15, 0.2) is 12.2 Å². The molecule has 1 aliphatic rings. The van der Waals surface area contributed by atoms with Crippen LogP contribution in [0.3, 0.4) is 0 Å². The summed E-state index contributed by atoms with van der Waals surface area (Å²) in [5.74, 6) is 0.743. The second-order valence-corrected chi connectivity index (χ2v) is 6.10. The van der Waals surface area contributed by atoms with Gasteiger partial charge in [0, 0.05) is 43.9 Å². The maximum absolute atomic E-state index is 12.6. The first-order valence-corrected chi connectivity index (χ1v) is 8.36. The third-order valence-corrected chi connectivity index (χ3v) is 4.45. The number of oxazole rings is 1. The molecule has 1 aliphatic heterocycles. The van der Waals surface area contributed by atoms with Crippen molar-refractivity contribution in [2.24, 2.45) is 0 Å². The molecular weight excluding hydrogens is 306 g/mol. The lowest BCUT2D eigenvalue weighted by molar-refractivity contribution is 0.0524. The summed E-state index contributed by atoms with van der Waals surface area (Å²) in [4.78, 5) is 20.6. The van der Waals surface area contributed by atoms with Crippen LogP contribution in [0.5, 0.6) is 0 Å². The van der Waals surface area contributed by atoms with Crippen molar-refractivity contribution in [3.63, 3.8) is 0 Å². The highest BCUT2D eigenvalue weighted by atomic mass is 16.3. The van der Waals surface area contributed by atoms with Crippen molar-refractivity contribution in [1.29, 1.82) is 0 Å². The second-order valence-electron chi connectivity index (χ2n) is 6.10. The van der Waals surface area contributed by atoms with E-state index in [-0.39, 0.29) is 12.0 Å².